The van der Waals surface area contributed by atoms with Crippen LogP contribution in [0.3, 0.4) is 0 Å². The Hall–Kier alpha value is -1.49. The topological polar surface area (TPSA) is 40.5 Å². The van der Waals surface area contributed by atoms with Crippen LogP contribution in [0.4, 0.5) is 8.78 Å². The Kier molecular flexibility index (Phi) is 4.70. The van der Waals surface area contributed by atoms with Gasteiger partial charge in [0.25, 0.3) is 0 Å². The van der Waals surface area contributed by atoms with Crippen LogP contribution in [0.2, 0.25) is 0 Å². The minimum absolute atomic E-state index is 0.347. The van der Waals surface area contributed by atoms with Gasteiger partial charge in [0.1, 0.15) is 17.7 Å². The van der Waals surface area contributed by atoms with E-state index in [-0.39, 0.29) is 6.04 Å². The molecule has 0 spiro atoms. The summed E-state index contributed by atoms with van der Waals surface area (Å²) in [6.07, 6.45) is 3.32. The molecule has 1 aliphatic rings. The van der Waals surface area contributed by atoms with E-state index in [2.05, 4.69) is 0 Å². The van der Waals surface area contributed by atoms with Crippen LogP contribution < -0.4 is 0 Å². The van der Waals surface area contributed by atoms with Crippen LogP contribution >= 0.6 is 0 Å². The minimum Gasteiger partial charge on any atom is -0.480 e. The first-order valence-corrected chi connectivity index (χ1v) is 6.94. The van der Waals surface area contributed by atoms with Crippen molar-refractivity contribution in [1.82, 2.24) is 4.90 Å². The van der Waals surface area contributed by atoms with Crippen LogP contribution in [0, 0.1) is 11.6 Å². The van der Waals surface area contributed by atoms with Crippen molar-refractivity contribution in [2.24, 2.45) is 0 Å². The zero-order valence-corrected chi connectivity index (χ0v) is 11.5. The van der Waals surface area contributed by atoms with Crippen molar-refractivity contribution < 1.29 is 18.7 Å². The first kappa shape index (κ1) is 14.9. The van der Waals surface area contributed by atoms with E-state index in [9.17, 15) is 18.7 Å². The molecular formula is C15H19F2NO2. The van der Waals surface area contributed by atoms with Gasteiger partial charge in [-0.25, -0.2) is 8.78 Å². The van der Waals surface area contributed by atoms with Gasteiger partial charge in [-0.3, -0.25) is 9.69 Å². The normalized spacial score (nSPS) is 22.2. The Labute approximate surface area is 117 Å². The Balaban J connectivity index is 2.28. The van der Waals surface area contributed by atoms with Gasteiger partial charge in [-0.05, 0) is 32.4 Å². The standard InChI is InChI=1S/C15H19F2NO2/c1-10(12-7-6-11(16)9-13(12)17)18-8-4-2-3-5-14(18)15(19)20/h6-7,9-10,14H,2-5,8H2,1H3,(H,19,20). The number of carboxylic acids is 1. The molecule has 1 fully saturated rings. The molecule has 1 heterocycles. The van der Waals surface area contributed by atoms with E-state index in [1.54, 1.807) is 6.92 Å². The number of hydrogen-bond acceptors (Lipinski definition) is 2. The predicted octanol–water partition coefficient (Wildman–Crippen LogP) is 3.36. The van der Waals surface area contributed by atoms with Crippen molar-refractivity contribution in [1.29, 1.82) is 0 Å². The maximum Gasteiger partial charge on any atom is 0.320 e. The van der Waals surface area contributed by atoms with Gasteiger partial charge in [-0.15, -0.1) is 0 Å². The highest BCUT2D eigenvalue weighted by atomic mass is 19.1. The Bertz CT molecular complexity index is 493. The van der Waals surface area contributed by atoms with E-state index >= 15 is 0 Å². The number of rotatable bonds is 3. The summed E-state index contributed by atoms with van der Waals surface area (Å²) in [6, 6.07) is 2.48. The molecule has 2 unspecified atom stereocenters. The summed E-state index contributed by atoms with van der Waals surface area (Å²) >= 11 is 0. The highest BCUT2D eigenvalue weighted by Gasteiger charge is 2.32. The molecule has 0 aliphatic carbocycles. The van der Waals surface area contributed by atoms with Gasteiger partial charge in [0, 0.05) is 17.7 Å². The van der Waals surface area contributed by atoms with E-state index in [0.29, 0.717) is 18.5 Å². The van der Waals surface area contributed by atoms with Crippen molar-refractivity contribution in [3.05, 3.63) is 35.4 Å². The zero-order valence-electron chi connectivity index (χ0n) is 11.5. The van der Waals surface area contributed by atoms with E-state index in [4.69, 9.17) is 0 Å². The third kappa shape index (κ3) is 3.15. The number of hydrogen-bond donors (Lipinski definition) is 1. The predicted molar refractivity (Wildman–Crippen MR) is 71.4 cm³/mol. The van der Waals surface area contributed by atoms with Gasteiger partial charge in [0.2, 0.25) is 0 Å². The summed E-state index contributed by atoms with van der Waals surface area (Å²) in [4.78, 5) is 13.2. The van der Waals surface area contributed by atoms with Gasteiger partial charge in [0.05, 0.1) is 0 Å². The molecule has 0 saturated carbocycles. The van der Waals surface area contributed by atoms with Crippen LogP contribution in [-0.4, -0.2) is 28.6 Å². The van der Waals surface area contributed by atoms with Gasteiger partial charge < -0.3 is 5.11 Å². The summed E-state index contributed by atoms with van der Waals surface area (Å²) in [5, 5.41) is 9.35. The number of carboxylic acid groups (broad SMARTS) is 1. The fourth-order valence-electron chi connectivity index (χ4n) is 2.88. The second kappa shape index (κ2) is 6.31. The maximum atomic E-state index is 13.9. The summed E-state index contributed by atoms with van der Waals surface area (Å²) < 4.78 is 26.8. The molecule has 0 radical (unpaired) electrons. The van der Waals surface area contributed by atoms with Crippen molar-refractivity contribution in [3.8, 4) is 0 Å². The number of nitrogens with zero attached hydrogens (tertiary/aromatic N) is 1. The van der Waals surface area contributed by atoms with Crippen molar-refractivity contribution >= 4 is 5.97 Å². The molecule has 1 aromatic carbocycles. The first-order chi connectivity index (χ1) is 9.50. The highest BCUT2D eigenvalue weighted by molar-refractivity contribution is 5.73. The molecular weight excluding hydrogens is 264 g/mol. The first-order valence-electron chi connectivity index (χ1n) is 6.94. The summed E-state index contributed by atoms with van der Waals surface area (Å²) in [6.45, 7) is 2.40. The molecule has 0 amide bonds. The van der Waals surface area contributed by atoms with Crippen LogP contribution in [0.25, 0.3) is 0 Å². The number of aliphatic carboxylic acids is 1. The molecule has 1 aromatic rings. The zero-order chi connectivity index (χ0) is 14.7. The molecule has 0 bridgehead atoms. The Morgan fingerprint density at radius 3 is 2.75 bits per heavy atom. The fraction of sp³-hybridized carbons (Fsp3) is 0.533. The highest BCUT2D eigenvalue weighted by Crippen LogP contribution is 2.29. The van der Waals surface area contributed by atoms with Gasteiger partial charge >= 0.3 is 5.97 Å². The third-order valence-electron chi connectivity index (χ3n) is 3.99. The molecule has 0 aromatic heterocycles. The lowest BCUT2D eigenvalue weighted by molar-refractivity contribution is -0.144. The fourth-order valence-corrected chi connectivity index (χ4v) is 2.88. The number of halogens is 2. The largest absolute Gasteiger partial charge is 0.480 e. The van der Waals surface area contributed by atoms with Crippen molar-refractivity contribution in [3.63, 3.8) is 0 Å². The summed E-state index contributed by atoms with van der Waals surface area (Å²) in [7, 11) is 0. The number of benzene rings is 1. The van der Waals surface area contributed by atoms with E-state index < -0.39 is 23.6 Å². The smallest absolute Gasteiger partial charge is 0.320 e. The lowest BCUT2D eigenvalue weighted by Crippen LogP contribution is -2.42. The Morgan fingerprint density at radius 2 is 2.10 bits per heavy atom. The van der Waals surface area contributed by atoms with Crippen molar-refractivity contribution in [2.45, 2.75) is 44.7 Å². The average Bonchev–Trinajstić information content (AvgIpc) is 2.63. The van der Waals surface area contributed by atoms with Gasteiger partial charge in [-0.2, -0.15) is 0 Å². The lowest BCUT2D eigenvalue weighted by Gasteiger charge is -2.33. The van der Waals surface area contributed by atoms with Crippen LogP contribution in [0.5, 0.6) is 0 Å². The number of likely N-dealkylation sites (tertiary alicyclic amines) is 1. The monoisotopic (exact) mass is 283 g/mol. The second-order valence-corrected chi connectivity index (χ2v) is 5.28. The van der Waals surface area contributed by atoms with Crippen molar-refractivity contribution in [2.75, 3.05) is 6.54 Å². The third-order valence-corrected chi connectivity index (χ3v) is 3.99. The Morgan fingerprint density at radius 1 is 1.35 bits per heavy atom. The maximum absolute atomic E-state index is 13.9. The molecule has 110 valence electrons. The summed E-state index contributed by atoms with van der Waals surface area (Å²) in [5.74, 6) is -2.11. The molecule has 20 heavy (non-hydrogen) atoms. The minimum atomic E-state index is -0.874. The molecule has 5 heteroatoms. The molecule has 1 aliphatic heterocycles. The average molecular weight is 283 g/mol. The van der Waals surface area contributed by atoms with Crippen LogP contribution in [-0.2, 0) is 4.79 Å². The van der Waals surface area contributed by atoms with E-state index in [1.807, 2.05) is 4.90 Å². The molecule has 1 N–H and O–H groups in total. The van der Waals surface area contributed by atoms with Gasteiger partial charge in [0.15, 0.2) is 0 Å². The lowest BCUT2D eigenvalue weighted by atomic mass is 10.0. The quantitative estimate of drug-likeness (QED) is 0.924. The summed E-state index contributed by atoms with van der Waals surface area (Å²) in [5.41, 5.74) is 0.347. The molecule has 1 saturated heterocycles. The van der Waals surface area contributed by atoms with Gasteiger partial charge in [-0.1, -0.05) is 18.9 Å². The molecule has 3 nitrogen and oxygen atoms in total. The molecule has 2 atom stereocenters. The second-order valence-electron chi connectivity index (χ2n) is 5.28. The van der Waals surface area contributed by atoms with Crippen LogP contribution in [0.15, 0.2) is 18.2 Å². The van der Waals surface area contributed by atoms with E-state index in [0.717, 1.165) is 25.3 Å². The number of carbonyl (C=O) groups is 1. The van der Waals surface area contributed by atoms with Crippen LogP contribution in [0.1, 0.15) is 44.2 Å². The molecule has 2 rings (SSSR count). The SMILES string of the molecule is CC(c1ccc(F)cc1F)N1CCCCCC1C(=O)O. The van der Waals surface area contributed by atoms with E-state index in [1.165, 1.54) is 12.1 Å².